The summed E-state index contributed by atoms with van der Waals surface area (Å²) in [7, 11) is 0. The average molecular weight is 355 g/mol. The number of hydrogen-bond donors (Lipinski definition) is 1. The van der Waals surface area contributed by atoms with Crippen LogP contribution in [0.15, 0.2) is 36.4 Å². The largest absolute Gasteiger partial charge is 0.371 e. The van der Waals surface area contributed by atoms with Crippen LogP contribution < -0.4 is 10.2 Å². The number of nitrogens with zero attached hydrogens (tertiary/aromatic N) is 1. The van der Waals surface area contributed by atoms with Crippen LogP contribution in [0, 0.1) is 11.8 Å². The van der Waals surface area contributed by atoms with Crippen LogP contribution in [0.5, 0.6) is 0 Å². The molecule has 1 aromatic carbocycles. The molecule has 2 unspecified atom stereocenters. The first-order valence-corrected chi connectivity index (χ1v) is 10.2. The van der Waals surface area contributed by atoms with Gasteiger partial charge in [-0.05, 0) is 61.3 Å². The second-order valence-electron chi connectivity index (χ2n) is 7.55. The number of nitrogens with one attached hydrogen (secondary N) is 1. The summed E-state index contributed by atoms with van der Waals surface area (Å²) in [4.78, 5) is 17.3. The van der Waals surface area contributed by atoms with E-state index in [4.69, 9.17) is 0 Å². The molecule has 1 aliphatic heterocycles. The Morgan fingerprint density at radius 2 is 2.12 bits per heavy atom. The molecule has 2 aliphatic rings. The number of para-hydroxylation sites is 1. The molecule has 1 saturated heterocycles. The fourth-order valence-corrected chi connectivity index (χ4v) is 5.14. The molecule has 0 saturated carbocycles. The monoisotopic (exact) mass is 354 g/mol. The Kier molecular flexibility index (Phi) is 4.80. The van der Waals surface area contributed by atoms with Crippen molar-refractivity contribution in [1.29, 1.82) is 0 Å². The lowest BCUT2D eigenvalue weighted by Gasteiger charge is -2.18. The average Bonchev–Trinajstić information content (AvgIpc) is 3.27. The lowest BCUT2D eigenvalue weighted by Crippen LogP contribution is -2.30. The maximum atomic E-state index is 12.5. The van der Waals surface area contributed by atoms with Crippen molar-refractivity contribution < 1.29 is 4.79 Å². The number of anilines is 1. The summed E-state index contributed by atoms with van der Waals surface area (Å²) < 4.78 is 0. The summed E-state index contributed by atoms with van der Waals surface area (Å²) in [6.45, 7) is 5.19. The smallest absolute Gasteiger partial charge is 0.261 e. The van der Waals surface area contributed by atoms with Gasteiger partial charge in [0.2, 0.25) is 0 Å². The topological polar surface area (TPSA) is 32.3 Å². The third kappa shape index (κ3) is 3.74. The first kappa shape index (κ1) is 16.6. The van der Waals surface area contributed by atoms with E-state index in [9.17, 15) is 4.79 Å². The molecule has 0 radical (unpaired) electrons. The van der Waals surface area contributed by atoms with Crippen LogP contribution in [0.2, 0.25) is 0 Å². The number of aryl methyl sites for hydroxylation is 1. The maximum absolute atomic E-state index is 12.5. The Morgan fingerprint density at radius 3 is 2.96 bits per heavy atom. The van der Waals surface area contributed by atoms with E-state index >= 15 is 0 Å². The van der Waals surface area contributed by atoms with Crippen LogP contribution >= 0.6 is 11.3 Å². The number of fused-ring (bicyclic) bond motifs is 1. The predicted octanol–water partition coefficient (Wildman–Crippen LogP) is 4.13. The van der Waals surface area contributed by atoms with E-state index in [0.717, 1.165) is 49.7 Å². The van der Waals surface area contributed by atoms with E-state index in [1.807, 2.05) is 0 Å². The molecule has 2 aromatic rings. The van der Waals surface area contributed by atoms with Crippen LogP contribution in [-0.2, 0) is 12.8 Å². The maximum Gasteiger partial charge on any atom is 0.261 e. The fourth-order valence-electron chi connectivity index (χ4n) is 4.01. The van der Waals surface area contributed by atoms with E-state index in [2.05, 4.69) is 53.5 Å². The SMILES string of the molecule is CC1CCc2sc(C(=O)NCC3CCN(c4ccccc4)C3)cc2C1. The number of carbonyl (C=O) groups excluding carboxylic acids is 1. The summed E-state index contributed by atoms with van der Waals surface area (Å²) in [5.74, 6) is 1.41. The van der Waals surface area contributed by atoms with Gasteiger partial charge in [-0.2, -0.15) is 0 Å². The van der Waals surface area contributed by atoms with Crippen LogP contribution in [0.1, 0.15) is 39.9 Å². The third-order valence-electron chi connectivity index (χ3n) is 5.51. The molecule has 1 fully saturated rings. The lowest BCUT2D eigenvalue weighted by atomic mass is 9.90. The predicted molar refractivity (Wildman–Crippen MR) is 105 cm³/mol. The van der Waals surface area contributed by atoms with E-state index in [-0.39, 0.29) is 5.91 Å². The summed E-state index contributed by atoms with van der Waals surface area (Å²) in [6.07, 6.45) is 4.68. The molecular formula is C21H26N2OS. The zero-order chi connectivity index (χ0) is 17.2. The van der Waals surface area contributed by atoms with Gasteiger partial charge in [-0.25, -0.2) is 0 Å². The summed E-state index contributed by atoms with van der Waals surface area (Å²) in [6, 6.07) is 12.7. The Morgan fingerprint density at radius 1 is 1.28 bits per heavy atom. The van der Waals surface area contributed by atoms with Crippen molar-refractivity contribution in [1.82, 2.24) is 5.32 Å². The Bertz CT molecular complexity index is 740. The fraction of sp³-hybridized carbons (Fsp3) is 0.476. The number of benzene rings is 1. The van der Waals surface area contributed by atoms with Crippen LogP contribution in [0.3, 0.4) is 0 Å². The van der Waals surface area contributed by atoms with E-state index in [1.165, 1.54) is 22.5 Å². The molecule has 0 spiro atoms. The van der Waals surface area contributed by atoms with E-state index in [0.29, 0.717) is 5.92 Å². The normalized spacial score (nSPS) is 22.7. The first-order valence-electron chi connectivity index (χ1n) is 9.39. The van der Waals surface area contributed by atoms with Gasteiger partial charge in [0.15, 0.2) is 0 Å². The highest BCUT2D eigenvalue weighted by molar-refractivity contribution is 7.14. The number of rotatable bonds is 4. The van der Waals surface area contributed by atoms with E-state index < -0.39 is 0 Å². The van der Waals surface area contributed by atoms with Gasteiger partial charge in [0, 0.05) is 30.2 Å². The number of thiophene rings is 1. The molecule has 3 nitrogen and oxygen atoms in total. The number of amides is 1. The first-order chi connectivity index (χ1) is 12.2. The van der Waals surface area contributed by atoms with Gasteiger partial charge in [-0.1, -0.05) is 25.1 Å². The minimum absolute atomic E-state index is 0.116. The number of hydrogen-bond acceptors (Lipinski definition) is 3. The van der Waals surface area contributed by atoms with Gasteiger partial charge in [-0.15, -0.1) is 11.3 Å². The summed E-state index contributed by atoms with van der Waals surface area (Å²) in [5, 5.41) is 3.18. The van der Waals surface area contributed by atoms with Gasteiger partial charge in [-0.3, -0.25) is 4.79 Å². The zero-order valence-electron chi connectivity index (χ0n) is 14.8. The molecule has 4 rings (SSSR count). The van der Waals surface area contributed by atoms with Gasteiger partial charge < -0.3 is 10.2 Å². The zero-order valence-corrected chi connectivity index (χ0v) is 15.6. The molecule has 2 atom stereocenters. The van der Waals surface area contributed by atoms with Crippen molar-refractivity contribution in [3.8, 4) is 0 Å². The second kappa shape index (κ2) is 7.20. The van der Waals surface area contributed by atoms with Crippen molar-refractivity contribution in [3.05, 3.63) is 51.7 Å². The van der Waals surface area contributed by atoms with E-state index in [1.54, 1.807) is 11.3 Å². The molecule has 1 aliphatic carbocycles. The minimum atomic E-state index is 0.116. The van der Waals surface area contributed by atoms with Gasteiger partial charge >= 0.3 is 0 Å². The van der Waals surface area contributed by atoms with Crippen molar-refractivity contribution in [2.75, 3.05) is 24.5 Å². The number of carbonyl (C=O) groups is 1. The summed E-state index contributed by atoms with van der Waals surface area (Å²) >= 11 is 1.70. The van der Waals surface area contributed by atoms with Crippen molar-refractivity contribution in [2.45, 2.75) is 32.6 Å². The molecule has 1 aromatic heterocycles. The van der Waals surface area contributed by atoms with Crippen LogP contribution in [-0.4, -0.2) is 25.5 Å². The standard InChI is InChI=1S/C21H26N2OS/c1-15-7-8-19-17(11-15)12-20(25-19)21(24)22-13-16-9-10-23(14-16)18-5-3-2-4-6-18/h2-6,12,15-16H,7-11,13-14H2,1H3,(H,22,24). The molecular weight excluding hydrogens is 328 g/mol. The molecule has 1 N–H and O–H groups in total. The minimum Gasteiger partial charge on any atom is -0.371 e. The summed E-state index contributed by atoms with van der Waals surface area (Å²) in [5.41, 5.74) is 2.70. The molecule has 132 valence electrons. The lowest BCUT2D eigenvalue weighted by molar-refractivity contribution is 0.0952. The highest BCUT2D eigenvalue weighted by Gasteiger charge is 2.24. The molecule has 0 bridgehead atoms. The van der Waals surface area contributed by atoms with Gasteiger partial charge in [0.25, 0.3) is 5.91 Å². The highest BCUT2D eigenvalue weighted by Crippen LogP contribution is 2.32. The highest BCUT2D eigenvalue weighted by atomic mass is 32.1. The third-order valence-corrected chi connectivity index (χ3v) is 6.75. The quantitative estimate of drug-likeness (QED) is 0.895. The van der Waals surface area contributed by atoms with Gasteiger partial charge in [0.1, 0.15) is 0 Å². The second-order valence-corrected chi connectivity index (χ2v) is 8.69. The molecule has 25 heavy (non-hydrogen) atoms. The Balaban J connectivity index is 1.31. The Hall–Kier alpha value is -1.81. The van der Waals surface area contributed by atoms with Crippen molar-refractivity contribution in [3.63, 3.8) is 0 Å². The molecule has 4 heteroatoms. The molecule has 1 amide bonds. The van der Waals surface area contributed by atoms with Crippen molar-refractivity contribution >= 4 is 22.9 Å². The molecule has 2 heterocycles. The van der Waals surface area contributed by atoms with Gasteiger partial charge in [0.05, 0.1) is 4.88 Å². The Labute approximate surface area is 154 Å². The van der Waals surface area contributed by atoms with Crippen molar-refractivity contribution in [2.24, 2.45) is 11.8 Å². The van der Waals surface area contributed by atoms with Crippen LogP contribution in [0.25, 0.3) is 0 Å². The van der Waals surface area contributed by atoms with Crippen LogP contribution in [0.4, 0.5) is 5.69 Å².